The highest BCUT2D eigenvalue weighted by Gasteiger charge is 2.31. The summed E-state index contributed by atoms with van der Waals surface area (Å²) in [7, 11) is 0. The van der Waals surface area contributed by atoms with E-state index in [4.69, 9.17) is 9.47 Å². The molecule has 0 saturated heterocycles. The molecule has 1 amide bonds. The Morgan fingerprint density at radius 3 is 2.67 bits per heavy atom. The molecule has 0 bridgehead atoms. The highest BCUT2D eigenvalue weighted by molar-refractivity contribution is 7.11. The number of anilines is 1. The molecular weight excluding hydrogens is 396 g/mol. The number of ether oxygens (including phenoxy) is 2. The molecule has 1 aliphatic heterocycles. The fourth-order valence-electron chi connectivity index (χ4n) is 3.66. The molecule has 0 aliphatic carbocycles. The van der Waals surface area contributed by atoms with E-state index in [2.05, 4.69) is 11.9 Å². The lowest BCUT2D eigenvalue weighted by molar-refractivity contribution is -0.125. The van der Waals surface area contributed by atoms with Gasteiger partial charge in [-0.3, -0.25) is 4.79 Å². The minimum Gasteiger partial charge on any atom is -0.494 e. The highest BCUT2D eigenvalue weighted by Crippen LogP contribution is 2.38. The van der Waals surface area contributed by atoms with E-state index >= 15 is 0 Å². The number of para-hydroxylation sites is 1. The van der Waals surface area contributed by atoms with Gasteiger partial charge in [-0.25, -0.2) is 4.98 Å². The van der Waals surface area contributed by atoms with Gasteiger partial charge in [0.05, 0.1) is 23.0 Å². The molecule has 1 aromatic heterocycles. The fraction of sp³-hybridized carbons (Fsp3) is 0.333. The number of carbonyl (C=O) groups excluding carboxylic acids is 1. The third-order valence-electron chi connectivity index (χ3n) is 5.13. The van der Waals surface area contributed by atoms with Crippen molar-refractivity contribution in [3.05, 3.63) is 58.4 Å². The van der Waals surface area contributed by atoms with Crippen LogP contribution < -0.4 is 14.4 Å². The lowest BCUT2D eigenvalue weighted by Gasteiger charge is -2.33. The quantitative estimate of drug-likeness (QED) is 0.479. The van der Waals surface area contributed by atoms with Crippen molar-refractivity contribution in [3.63, 3.8) is 0 Å². The highest BCUT2D eigenvalue weighted by atomic mass is 32.1. The number of hydrogen-bond acceptors (Lipinski definition) is 5. The smallest absolute Gasteiger partial charge is 0.267 e. The maximum Gasteiger partial charge on any atom is 0.267 e. The maximum atomic E-state index is 12.8. The van der Waals surface area contributed by atoms with Gasteiger partial charge >= 0.3 is 0 Å². The molecule has 3 aromatic rings. The van der Waals surface area contributed by atoms with Crippen LogP contribution in [0, 0.1) is 13.8 Å². The molecule has 0 saturated carbocycles. The molecule has 0 radical (unpaired) electrons. The molecule has 1 atom stereocenters. The van der Waals surface area contributed by atoms with Gasteiger partial charge in [0, 0.05) is 17.0 Å². The van der Waals surface area contributed by atoms with Crippen molar-refractivity contribution in [2.75, 3.05) is 18.1 Å². The Bertz CT molecular complexity index is 1030. The van der Waals surface area contributed by atoms with E-state index in [9.17, 15) is 4.79 Å². The first-order valence-corrected chi connectivity index (χ1v) is 11.1. The second-order valence-electron chi connectivity index (χ2n) is 7.44. The van der Waals surface area contributed by atoms with Crippen LogP contribution >= 0.6 is 11.3 Å². The van der Waals surface area contributed by atoms with Gasteiger partial charge in [0.2, 0.25) is 0 Å². The lowest BCUT2D eigenvalue weighted by Crippen LogP contribution is -2.45. The molecule has 6 heteroatoms. The summed E-state index contributed by atoms with van der Waals surface area (Å²) in [4.78, 5) is 20.5. The summed E-state index contributed by atoms with van der Waals surface area (Å²) in [6.07, 6.45) is 1.24. The van der Waals surface area contributed by atoms with Crippen molar-refractivity contribution >= 4 is 22.9 Å². The number of aromatic nitrogens is 1. The summed E-state index contributed by atoms with van der Waals surface area (Å²) in [5, 5.41) is 1.04. The molecule has 0 N–H and O–H groups in total. The maximum absolute atomic E-state index is 12.8. The zero-order valence-corrected chi connectivity index (χ0v) is 18.4. The van der Waals surface area contributed by atoms with E-state index in [0.717, 1.165) is 46.3 Å². The lowest BCUT2D eigenvalue weighted by atomic mass is 10.1. The van der Waals surface area contributed by atoms with Crippen LogP contribution in [0.1, 0.15) is 29.7 Å². The monoisotopic (exact) mass is 422 g/mol. The first kappa shape index (κ1) is 20.4. The molecule has 4 rings (SSSR count). The largest absolute Gasteiger partial charge is 0.494 e. The van der Waals surface area contributed by atoms with Gasteiger partial charge in [-0.15, -0.1) is 11.3 Å². The zero-order valence-electron chi connectivity index (χ0n) is 17.6. The predicted octanol–water partition coefficient (Wildman–Crippen LogP) is 5.40. The number of nitrogens with zero attached hydrogens (tertiary/aromatic N) is 2. The number of unbranched alkanes of at least 4 members (excludes halogenated alkanes) is 1. The molecular formula is C24H26N2O3S. The van der Waals surface area contributed by atoms with Crippen LogP contribution in [0.5, 0.6) is 11.5 Å². The van der Waals surface area contributed by atoms with Crippen LogP contribution in [0.15, 0.2) is 48.5 Å². The van der Waals surface area contributed by atoms with E-state index in [-0.39, 0.29) is 5.91 Å². The molecule has 156 valence electrons. The molecule has 2 heterocycles. The Hall–Kier alpha value is -2.86. The Morgan fingerprint density at radius 1 is 1.13 bits per heavy atom. The topological polar surface area (TPSA) is 51.7 Å². The third-order valence-corrected chi connectivity index (χ3v) is 6.02. The third kappa shape index (κ3) is 4.33. The van der Waals surface area contributed by atoms with Gasteiger partial charge in [-0.1, -0.05) is 18.2 Å². The minimum absolute atomic E-state index is 0.00481. The van der Waals surface area contributed by atoms with E-state index in [1.165, 1.54) is 4.88 Å². The number of hydrogen-bond donors (Lipinski definition) is 0. The van der Waals surface area contributed by atoms with Crippen LogP contribution in [0.4, 0.5) is 5.69 Å². The zero-order chi connectivity index (χ0) is 21.1. The second kappa shape index (κ2) is 8.88. The summed E-state index contributed by atoms with van der Waals surface area (Å²) in [6, 6.07) is 15.8. The summed E-state index contributed by atoms with van der Waals surface area (Å²) < 4.78 is 11.6. The van der Waals surface area contributed by atoms with Crippen molar-refractivity contribution in [2.45, 2.75) is 39.7 Å². The first-order valence-electron chi connectivity index (χ1n) is 10.3. The van der Waals surface area contributed by atoms with E-state index in [1.807, 2.05) is 60.4 Å². The van der Waals surface area contributed by atoms with Crippen LogP contribution in [0.2, 0.25) is 0 Å². The molecule has 1 aliphatic rings. The summed E-state index contributed by atoms with van der Waals surface area (Å²) >= 11 is 1.68. The molecule has 0 spiro atoms. The normalized spacial score (nSPS) is 15.6. The van der Waals surface area contributed by atoms with E-state index in [0.29, 0.717) is 13.2 Å². The van der Waals surface area contributed by atoms with Gasteiger partial charge in [0.1, 0.15) is 11.5 Å². The Kier molecular flexibility index (Phi) is 6.04. The van der Waals surface area contributed by atoms with Gasteiger partial charge < -0.3 is 14.4 Å². The Balaban J connectivity index is 1.47. The number of amides is 1. The number of rotatable bonds is 7. The molecule has 2 aromatic carbocycles. The predicted molar refractivity (Wildman–Crippen MR) is 121 cm³/mol. The van der Waals surface area contributed by atoms with E-state index < -0.39 is 6.10 Å². The number of thiazole rings is 1. The van der Waals surface area contributed by atoms with Crippen molar-refractivity contribution < 1.29 is 14.3 Å². The number of carbonyl (C=O) groups is 1. The number of fused-ring (bicyclic) bond motifs is 1. The standard InChI is InChI=1S/C24H26N2O3S/c1-16-24(27)26(13-7-8-14-28-20-9-5-4-6-10-20)21-15-19(11-12-22(21)29-16)23-17(2)30-18(3)25-23/h4-6,9-12,15-16H,7-8,13-14H2,1-3H3. The van der Waals surface area contributed by atoms with Crippen molar-refractivity contribution in [1.82, 2.24) is 4.98 Å². The Labute approximate surface area is 181 Å². The number of aryl methyl sites for hydroxylation is 2. The fourth-order valence-corrected chi connectivity index (χ4v) is 4.50. The van der Waals surface area contributed by atoms with Gasteiger partial charge in [0.15, 0.2) is 6.10 Å². The van der Waals surface area contributed by atoms with Crippen molar-refractivity contribution in [2.24, 2.45) is 0 Å². The van der Waals surface area contributed by atoms with Crippen LogP contribution in [-0.2, 0) is 4.79 Å². The molecule has 30 heavy (non-hydrogen) atoms. The summed E-state index contributed by atoms with van der Waals surface area (Å²) in [5.41, 5.74) is 2.81. The van der Waals surface area contributed by atoms with Gasteiger partial charge in [-0.2, -0.15) is 0 Å². The summed E-state index contributed by atoms with van der Waals surface area (Å²) in [5.74, 6) is 1.61. The van der Waals surface area contributed by atoms with Crippen LogP contribution in [0.25, 0.3) is 11.3 Å². The summed E-state index contributed by atoms with van der Waals surface area (Å²) in [6.45, 7) is 7.16. The van der Waals surface area contributed by atoms with E-state index in [1.54, 1.807) is 18.3 Å². The average molecular weight is 423 g/mol. The van der Waals surface area contributed by atoms with Crippen molar-refractivity contribution in [1.29, 1.82) is 0 Å². The molecule has 1 unspecified atom stereocenters. The van der Waals surface area contributed by atoms with Gasteiger partial charge in [-0.05, 0) is 63.9 Å². The molecule has 0 fully saturated rings. The van der Waals surface area contributed by atoms with Crippen molar-refractivity contribution in [3.8, 4) is 22.8 Å². The van der Waals surface area contributed by atoms with Gasteiger partial charge in [0.25, 0.3) is 5.91 Å². The Morgan fingerprint density at radius 2 is 1.93 bits per heavy atom. The second-order valence-corrected chi connectivity index (χ2v) is 8.85. The average Bonchev–Trinajstić information content (AvgIpc) is 3.09. The SMILES string of the molecule is Cc1nc(-c2ccc3c(c2)N(CCCCOc2ccccc2)C(=O)C(C)O3)c(C)s1. The van der Waals surface area contributed by atoms with Crippen LogP contribution in [-0.4, -0.2) is 30.1 Å². The van der Waals surface area contributed by atoms with Crippen LogP contribution in [0.3, 0.4) is 0 Å². The number of benzene rings is 2. The first-order chi connectivity index (χ1) is 14.5. The minimum atomic E-state index is -0.479. The molecule has 5 nitrogen and oxygen atoms in total.